The van der Waals surface area contributed by atoms with Crippen LogP contribution in [-0.2, 0) is 6.54 Å². The molecule has 1 fully saturated rings. The van der Waals surface area contributed by atoms with E-state index in [1.165, 1.54) is 24.8 Å². The predicted octanol–water partition coefficient (Wildman–Crippen LogP) is 3.11. The van der Waals surface area contributed by atoms with Crippen LogP contribution in [0.25, 0.3) is 0 Å². The van der Waals surface area contributed by atoms with E-state index in [0.717, 1.165) is 19.4 Å². The molecule has 0 aromatic heterocycles. The van der Waals surface area contributed by atoms with Gasteiger partial charge in [0.25, 0.3) is 0 Å². The first-order valence-corrected chi connectivity index (χ1v) is 7.20. The Morgan fingerprint density at radius 2 is 2.06 bits per heavy atom. The zero-order valence-electron chi connectivity index (χ0n) is 11.4. The Kier molecular flexibility index (Phi) is 4.79. The minimum absolute atomic E-state index is 0.0527. The first-order chi connectivity index (χ1) is 8.80. The van der Waals surface area contributed by atoms with E-state index in [4.69, 9.17) is 0 Å². The molecule has 2 atom stereocenters. The lowest BCUT2D eigenvalue weighted by Crippen LogP contribution is -2.55. The molecule has 0 bridgehead atoms. The summed E-state index contributed by atoms with van der Waals surface area (Å²) in [5, 5.41) is 13.5. The Morgan fingerprint density at radius 3 is 2.72 bits per heavy atom. The summed E-state index contributed by atoms with van der Waals surface area (Å²) in [6.07, 6.45) is 6.06. The summed E-state index contributed by atoms with van der Waals surface area (Å²) < 4.78 is 0. The second-order valence-corrected chi connectivity index (χ2v) is 5.50. The van der Waals surface area contributed by atoms with Crippen molar-refractivity contribution in [2.24, 2.45) is 5.92 Å². The van der Waals surface area contributed by atoms with Crippen molar-refractivity contribution in [3.8, 4) is 0 Å². The second-order valence-electron chi connectivity index (χ2n) is 5.50. The van der Waals surface area contributed by atoms with Gasteiger partial charge in [-0.25, -0.2) is 0 Å². The minimum atomic E-state index is -0.0527. The molecule has 2 N–H and O–H groups in total. The Bertz CT molecular complexity index is 351. The third-order valence-corrected chi connectivity index (χ3v) is 4.47. The molecule has 1 aliphatic carbocycles. The lowest BCUT2D eigenvalue weighted by Gasteiger charge is -2.43. The van der Waals surface area contributed by atoms with Crippen LogP contribution in [0.4, 0.5) is 0 Å². The normalized spacial score (nSPS) is 28.2. The van der Waals surface area contributed by atoms with Crippen molar-refractivity contribution < 1.29 is 5.11 Å². The largest absolute Gasteiger partial charge is 0.394 e. The van der Waals surface area contributed by atoms with Gasteiger partial charge >= 0.3 is 0 Å². The van der Waals surface area contributed by atoms with Gasteiger partial charge in [-0.05, 0) is 24.3 Å². The van der Waals surface area contributed by atoms with Gasteiger partial charge in [-0.1, -0.05) is 56.5 Å². The van der Waals surface area contributed by atoms with Crippen molar-refractivity contribution >= 4 is 0 Å². The maximum Gasteiger partial charge on any atom is 0.0616 e. The van der Waals surface area contributed by atoms with Crippen molar-refractivity contribution in [2.75, 3.05) is 6.61 Å². The topological polar surface area (TPSA) is 32.3 Å². The first kappa shape index (κ1) is 13.6. The van der Waals surface area contributed by atoms with E-state index in [-0.39, 0.29) is 12.1 Å². The van der Waals surface area contributed by atoms with E-state index in [2.05, 4.69) is 36.5 Å². The number of hydrogen-bond donors (Lipinski definition) is 2. The minimum Gasteiger partial charge on any atom is -0.394 e. The fraction of sp³-hybridized carbons (Fsp3) is 0.625. The van der Waals surface area contributed by atoms with Gasteiger partial charge in [0, 0.05) is 12.1 Å². The van der Waals surface area contributed by atoms with Gasteiger partial charge in [-0.15, -0.1) is 0 Å². The number of aliphatic hydroxyl groups is 1. The van der Waals surface area contributed by atoms with E-state index in [1.807, 2.05) is 6.07 Å². The summed E-state index contributed by atoms with van der Waals surface area (Å²) in [6.45, 7) is 3.36. The van der Waals surface area contributed by atoms with Crippen LogP contribution in [0.1, 0.15) is 44.6 Å². The van der Waals surface area contributed by atoms with Gasteiger partial charge in [0.05, 0.1) is 6.61 Å². The summed E-state index contributed by atoms with van der Waals surface area (Å²) >= 11 is 0. The van der Waals surface area contributed by atoms with E-state index in [1.54, 1.807) is 0 Å². The molecule has 100 valence electrons. The third-order valence-electron chi connectivity index (χ3n) is 4.47. The predicted molar refractivity (Wildman–Crippen MR) is 75.3 cm³/mol. The second kappa shape index (κ2) is 6.35. The molecule has 2 rings (SSSR count). The van der Waals surface area contributed by atoms with Crippen LogP contribution in [0.2, 0.25) is 0 Å². The molecule has 0 heterocycles. The summed E-state index contributed by atoms with van der Waals surface area (Å²) in [5.74, 6) is 0.611. The summed E-state index contributed by atoms with van der Waals surface area (Å²) in [4.78, 5) is 0. The number of benzene rings is 1. The number of hydrogen-bond acceptors (Lipinski definition) is 2. The highest BCUT2D eigenvalue weighted by Gasteiger charge is 2.38. The maximum absolute atomic E-state index is 9.86. The molecule has 0 spiro atoms. The van der Waals surface area contributed by atoms with Crippen LogP contribution in [0.3, 0.4) is 0 Å². The Balaban J connectivity index is 2.03. The average Bonchev–Trinajstić information content (AvgIpc) is 2.46. The highest BCUT2D eigenvalue weighted by molar-refractivity contribution is 5.15. The van der Waals surface area contributed by atoms with Crippen molar-refractivity contribution in [2.45, 2.75) is 51.1 Å². The van der Waals surface area contributed by atoms with Gasteiger partial charge in [0.2, 0.25) is 0 Å². The number of rotatable bonds is 5. The standard InChI is InChI=1S/C16H25NO/c1-2-15-10-6-7-11-16(15,13-18)17-12-14-8-4-3-5-9-14/h3-5,8-9,15,17-18H,2,6-7,10-13H2,1H3. The number of nitrogens with one attached hydrogen (secondary N) is 1. The quantitative estimate of drug-likeness (QED) is 0.838. The lowest BCUT2D eigenvalue weighted by atomic mass is 9.71. The zero-order valence-corrected chi connectivity index (χ0v) is 11.4. The van der Waals surface area contributed by atoms with Gasteiger partial charge < -0.3 is 10.4 Å². The van der Waals surface area contributed by atoms with E-state index in [0.29, 0.717) is 5.92 Å². The van der Waals surface area contributed by atoms with E-state index >= 15 is 0 Å². The molecule has 2 heteroatoms. The van der Waals surface area contributed by atoms with E-state index in [9.17, 15) is 5.11 Å². The number of aliphatic hydroxyl groups excluding tert-OH is 1. The first-order valence-electron chi connectivity index (χ1n) is 7.20. The Hall–Kier alpha value is -0.860. The van der Waals surface area contributed by atoms with Crippen LogP contribution in [0, 0.1) is 5.92 Å². The van der Waals surface area contributed by atoms with Gasteiger partial charge in [0.15, 0.2) is 0 Å². The van der Waals surface area contributed by atoms with Crippen LogP contribution in [-0.4, -0.2) is 17.3 Å². The average molecular weight is 247 g/mol. The van der Waals surface area contributed by atoms with Crippen molar-refractivity contribution in [3.05, 3.63) is 35.9 Å². The van der Waals surface area contributed by atoms with Crippen LogP contribution >= 0.6 is 0 Å². The SMILES string of the molecule is CCC1CCCCC1(CO)NCc1ccccc1. The Morgan fingerprint density at radius 1 is 1.28 bits per heavy atom. The maximum atomic E-state index is 9.86. The lowest BCUT2D eigenvalue weighted by molar-refractivity contribution is 0.0623. The summed E-state index contributed by atoms with van der Waals surface area (Å²) in [7, 11) is 0. The highest BCUT2D eigenvalue weighted by atomic mass is 16.3. The van der Waals surface area contributed by atoms with Crippen LogP contribution in [0.5, 0.6) is 0 Å². The van der Waals surface area contributed by atoms with Gasteiger partial charge in [-0.3, -0.25) is 0 Å². The zero-order chi connectivity index (χ0) is 12.8. The molecule has 0 aliphatic heterocycles. The van der Waals surface area contributed by atoms with Crippen molar-refractivity contribution in [1.82, 2.24) is 5.32 Å². The van der Waals surface area contributed by atoms with Gasteiger partial charge in [0.1, 0.15) is 0 Å². The van der Waals surface area contributed by atoms with E-state index < -0.39 is 0 Å². The molecule has 1 aromatic carbocycles. The fourth-order valence-electron chi connectivity index (χ4n) is 3.28. The molecule has 1 aliphatic rings. The molecule has 0 saturated heterocycles. The molecular weight excluding hydrogens is 222 g/mol. The molecular formula is C16H25NO. The van der Waals surface area contributed by atoms with Crippen LogP contribution in [0.15, 0.2) is 30.3 Å². The van der Waals surface area contributed by atoms with Crippen molar-refractivity contribution in [1.29, 1.82) is 0 Å². The molecule has 0 amide bonds. The summed E-state index contributed by atoms with van der Waals surface area (Å²) in [6, 6.07) is 10.5. The van der Waals surface area contributed by atoms with Crippen LogP contribution < -0.4 is 5.32 Å². The monoisotopic (exact) mass is 247 g/mol. The summed E-state index contributed by atoms with van der Waals surface area (Å²) in [5.41, 5.74) is 1.24. The molecule has 1 aromatic rings. The smallest absolute Gasteiger partial charge is 0.0616 e. The highest BCUT2D eigenvalue weighted by Crippen LogP contribution is 2.35. The van der Waals surface area contributed by atoms with Crippen molar-refractivity contribution in [3.63, 3.8) is 0 Å². The Labute approximate surface area is 110 Å². The third kappa shape index (κ3) is 2.93. The molecule has 2 unspecified atom stereocenters. The fourth-order valence-corrected chi connectivity index (χ4v) is 3.28. The molecule has 0 radical (unpaired) electrons. The van der Waals surface area contributed by atoms with Gasteiger partial charge in [-0.2, -0.15) is 0 Å². The molecule has 1 saturated carbocycles. The molecule has 2 nitrogen and oxygen atoms in total. The molecule has 18 heavy (non-hydrogen) atoms.